The Labute approximate surface area is 334 Å². The number of carbonyl (C=O) groups excluding carboxylic acids is 6. The Hall–Kier alpha value is -6.26. The average molecular weight is 790 g/mol. The third-order valence-corrected chi connectivity index (χ3v) is 10.2. The first-order valence-corrected chi connectivity index (χ1v) is 19.0. The monoisotopic (exact) mass is 789 g/mol. The van der Waals surface area contributed by atoms with Gasteiger partial charge in [0.25, 0.3) is 23.6 Å². The van der Waals surface area contributed by atoms with Crippen LogP contribution in [0.4, 0.5) is 22.7 Å². The van der Waals surface area contributed by atoms with Crippen molar-refractivity contribution in [2.24, 2.45) is 5.92 Å². The van der Waals surface area contributed by atoms with Gasteiger partial charge in [0.2, 0.25) is 0 Å². The molecular formula is C43H43N5O10. The van der Waals surface area contributed by atoms with E-state index in [2.05, 4.69) is 5.32 Å². The zero-order chi connectivity index (χ0) is 40.8. The van der Waals surface area contributed by atoms with E-state index in [0.29, 0.717) is 67.3 Å². The van der Waals surface area contributed by atoms with Gasteiger partial charge in [-0.25, -0.2) is 0 Å². The summed E-state index contributed by atoms with van der Waals surface area (Å²) in [5.74, 6) is -1.41. The number of hydrogen-bond donors (Lipinski definition) is 3. The van der Waals surface area contributed by atoms with Gasteiger partial charge in [0.1, 0.15) is 13.2 Å². The van der Waals surface area contributed by atoms with E-state index in [0.717, 1.165) is 22.0 Å². The zero-order valence-corrected chi connectivity index (χ0v) is 31.6. The predicted octanol–water partition coefficient (Wildman–Crippen LogP) is 3.22. The molecule has 4 aliphatic heterocycles. The molecule has 4 amide bonds. The number of fused-ring (bicyclic) bond motifs is 2. The van der Waals surface area contributed by atoms with Gasteiger partial charge in [0, 0.05) is 53.5 Å². The lowest BCUT2D eigenvalue weighted by atomic mass is 9.98. The number of aliphatic hydroxyl groups excluding tert-OH is 1. The molecule has 0 radical (unpaired) electrons. The third-order valence-electron chi connectivity index (χ3n) is 10.2. The maximum atomic E-state index is 12.4. The summed E-state index contributed by atoms with van der Waals surface area (Å²) in [6, 6.07) is 28.2. The van der Waals surface area contributed by atoms with Gasteiger partial charge in [0.15, 0.2) is 11.6 Å². The van der Waals surface area contributed by atoms with E-state index in [1.54, 1.807) is 70.5 Å². The summed E-state index contributed by atoms with van der Waals surface area (Å²) in [5, 5.41) is 13.4. The highest BCUT2D eigenvalue weighted by molar-refractivity contribution is 6.26. The molecular weight excluding hydrogens is 746 g/mol. The summed E-state index contributed by atoms with van der Waals surface area (Å²) >= 11 is 0. The number of rotatable bonds is 9. The molecule has 4 heterocycles. The smallest absolute Gasteiger partial charge is 0.261 e. The van der Waals surface area contributed by atoms with Crippen LogP contribution in [-0.2, 0) is 23.8 Å². The summed E-state index contributed by atoms with van der Waals surface area (Å²) in [4.78, 5) is 76.3. The minimum Gasteiger partial charge on any atom is -0.399 e. The van der Waals surface area contributed by atoms with Crippen LogP contribution in [0.15, 0.2) is 97.1 Å². The van der Waals surface area contributed by atoms with Crippen LogP contribution in [0.1, 0.15) is 47.9 Å². The van der Waals surface area contributed by atoms with E-state index in [1.165, 1.54) is 0 Å². The van der Waals surface area contributed by atoms with Gasteiger partial charge >= 0.3 is 0 Å². The molecule has 15 heteroatoms. The van der Waals surface area contributed by atoms with E-state index < -0.39 is 12.0 Å². The van der Waals surface area contributed by atoms with E-state index >= 15 is 0 Å². The Kier molecular flexibility index (Phi) is 12.3. The summed E-state index contributed by atoms with van der Waals surface area (Å²) in [6.07, 6.45) is -0.248. The van der Waals surface area contributed by atoms with Gasteiger partial charge < -0.3 is 40.2 Å². The quantitative estimate of drug-likeness (QED) is 0.0970. The Bertz CT molecular complexity index is 2120. The van der Waals surface area contributed by atoms with Crippen LogP contribution in [0, 0.1) is 5.92 Å². The van der Waals surface area contributed by atoms with Gasteiger partial charge in [-0.2, -0.15) is 0 Å². The van der Waals surface area contributed by atoms with E-state index in [9.17, 15) is 33.9 Å². The number of hydrogen-bond acceptors (Lipinski definition) is 12. The van der Waals surface area contributed by atoms with Crippen molar-refractivity contribution in [2.75, 3.05) is 80.1 Å². The van der Waals surface area contributed by atoms with E-state index in [4.69, 9.17) is 19.9 Å². The van der Waals surface area contributed by atoms with Gasteiger partial charge in [0.05, 0.1) is 55.6 Å². The Morgan fingerprint density at radius 2 is 1.14 bits per heavy atom. The molecule has 0 spiro atoms. The van der Waals surface area contributed by atoms with Crippen LogP contribution < -0.4 is 20.9 Å². The van der Waals surface area contributed by atoms with Crippen LogP contribution in [0.3, 0.4) is 0 Å². The highest BCUT2D eigenvalue weighted by Crippen LogP contribution is 2.32. The molecule has 0 saturated carbocycles. The number of nitrogens with two attached hydrogens (primary N) is 1. The molecule has 3 fully saturated rings. The Morgan fingerprint density at radius 3 is 1.60 bits per heavy atom. The molecule has 1 aliphatic carbocycles. The lowest BCUT2D eigenvalue weighted by molar-refractivity contribution is -0.126. The maximum absolute atomic E-state index is 12.4. The van der Waals surface area contributed by atoms with E-state index in [-0.39, 0.29) is 67.6 Å². The maximum Gasteiger partial charge on any atom is 0.261 e. The average Bonchev–Trinajstić information content (AvgIpc) is 4.01. The molecule has 15 nitrogen and oxygen atoms in total. The second kappa shape index (κ2) is 17.9. The van der Waals surface area contributed by atoms with Crippen molar-refractivity contribution in [3.8, 4) is 0 Å². The molecule has 0 unspecified atom stereocenters. The van der Waals surface area contributed by atoms with Crippen molar-refractivity contribution in [1.29, 1.82) is 0 Å². The molecule has 300 valence electrons. The minimum atomic E-state index is -0.919. The number of benzene rings is 4. The summed E-state index contributed by atoms with van der Waals surface area (Å²) in [7, 11) is 0. The number of carbonyl (C=O) groups is 6. The normalized spacial score (nSPS) is 19.2. The fourth-order valence-electron chi connectivity index (χ4n) is 7.00. The predicted molar refractivity (Wildman–Crippen MR) is 213 cm³/mol. The number of β-amino-alcohol motifs (C(OH)–C–C–N with tert-alkyl or cyclic N) is 1. The van der Waals surface area contributed by atoms with Crippen LogP contribution in [0.2, 0.25) is 0 Å². The number of morpholine rings is 2. The number of epoxide rings is 1. The first-order valence-electron chi connectivity index (χ1n) is 19.0. The highest BCUT2D eigenvalue weighted by Gasteiger charge is 2.42. The molecule has 5 aliphatic rings. The fourth-order valence-corrected chi connectivity index (χ4v) is 7.00. The topological polar surface area (TPSA) is 201 Å². The second-order valence-corrected chi connectivity index (χ2v) is 14.2. The standard InChI is InChI=1S/C21H21N3O5.C12H10O3.C10H12N2O2/c25-16(12-24-20(27)17-3-1-2-4-18(17)21(24)28)11-22-14-5-7-15(8-6-14)23-9-10-29-13-19(23)26;13-11-8-3-1-2-4-9(8)12(14)10(11)5-7-6-15-7;11-8-1-3-9(4-2-8)12-5-6-14-7-10(12)13/h1-8,16,22,25H,9-13H2;1-4,7,10H,5-6H2;1-4H,5-7,11H2/t16-;7-;/m10./s1. The van der Waals surface area contributed by atoms with Crippen molar-refractivity contribution >= 4 is 57.9 Å². The Morgan fingerprint density at radius 1 is 0.672 bits per heavy atom. The SMILES string of the molecule is Nc1ccc(N2CCOCC2=O)cc1.O=C1c2ccccc2C(=O)C1C[C@H]1CO1.O=C1c2ccccc2C(=O)N1C[C@H](O)CNc1ccc(N2CCOCC2=O)cc1. The summed E-state index contributed by atoms with van der Waals surface area (Å²) < 4.78 is 15.2. The molecule has 9 rings (SSSR count). The van der Waals surface area contributed by atoms with Gasteiger partial charge in [-0.3, -0.25) is 33.7 Å². The molecule has 0 aromatic heterocycles. The molecule has 58 heavy (non-hydrogen) atoms. The number of imide groups is 1. The number of nitrogen functional groups attached to an aromatic ring is 1. The number of aliphatic hydroxyl groups is 1. The van der Waals surface area contributed by atoms with Crippen LogP contribution >= 0.6 is 0 Å². The van der Waals surface area contributed by atoms with Crippen molar-refractivity contribution in [1.82, 2.24) is 4.90 Å². The van der Waals surface area contributed by atoms with Crippen molar-refractivity contribution in [3.05, 3.63) is 119 Å². The van der Waals surface area contributed by atoms with Crippen LogP contribution in [0.25, 0.3) is 0 Å². The van der Waals surface area contributed by atoms with Gasteiger partial charge in [-0.05, 0) is 67.1 Å². The molecule has 4 N–H and O–H groups in total. The van der Waals surface area contributed by atoms with Crippen LogP contribution in [0.5, 0.6) is 0 Å². The lowest BCUT2D eigenvalue weighted by Gasteiger charge is -2.27. The first kappa shape index (κ1) is 40.0. The number of anilines is 4. The summed E-state index contributed by atoms with van der Waals surface area (Å²) in [6.45, 7) is 3.27. The van der Waals surface area contributed by atoms with Crippen molar-refractivity contribution in [2.45, 2.75) is 18.6 Å². The second-order valence-electron chi connectivity index (χ2n) is 14.2. The number of amides is 4. The Balaban J connectivity index is 0.000000147. The minimum absolute atomic E-state index is 0.000946. The molecule has 4 aromatic carbocycles. The lowest BCUT2D eigenvalue weighted by Crippen LogP contribution is -2.41. The zero-order valence-electron chi connectivity index (χ0n) is 31.6. The highest BCUT2D eigenvalue weighted by atomic mass is 16.6. The molecule has 4 aromatic rings. The van der Waals surface area contributed by atoms with Crippen LogP contribution in [-0.4, -0.2) is 117 Å². The van der Waals surface area contributed by atoms with Gasteiger partial charge in [-0.1, -0.05) is 36.4 Å². The molecule has 3 saturated heterocycles. The molecule has 0 bridgehead atoms. The van der Waals surface area contributed by atoms with Crippen molar-refractivity contribution < 1.29 is 48.1 Å². The van der Waals surface area contributed by atoms with Crippen molar-refractivity contribution in [3.63, 3.8) is 0 Å². The number of ether oxygens (including phenoxy) is 3. The third kappa shape index (κ3) is 9.13. The molecule has 2 atom stereocenters. The van der Waals surface area contributed by atoms with Gasteiger partial charge in [-0.15, -0.1) is 0 Å². The number of nitrogens with zero attached hydrogens (tertiary/aromatic N) is 3. The number of ketones is 2. The van der Waals surface area contributed by atoms with E-state index in [1.807, 2.05) is 36.4 Å². The first-order chi connectivity index (χ1) is 28.1. The number of Topliss-reactive ketones (excluding diaryl/α,β-unsaturated/α-hetero) is 2. The summed E-state index contributed by atoms with van der Waals surface area (Å²) in [5.41, 5.74) is 10.6. The fraction of sp³-hybridized carbons (Fsp3) is 0.302. The number of nitrogens with one attached hydrogen (secondary N) is 1. The largest absolute Gasteiger partial charge is 0.399 e.